The molecule has 2 heterocycles. The molecule has 1 aromatic heterocycles. The van der Waals surface area contributed by atoms with Crippen molar-refractivity contribution in [2.24, 2.45) is 0 Å². The maximum atomic E-state index is 12.8. The Morgan fingerprint density at radius 3 is 2.63 bits per heavy atom. The van der Waals surface area contributed by atoms with Crippen LogP contribution in [0.15, 0.2) is 24.3 Å². The number of aryl methyl sites for hydroxylation is 2. The minimum absolute atomic E-state index is 0.00685. The third-order valence-electron chi connectivity index (χ3n) is 5.00. The first-order valence-electron chi connectivity index (χ1n) is 8.83. The molecule has 8 heteroatoms. The summed E-state index contributed by atoms with van der Waals surface area (Å²) >= 11 is 0. The van der Waals surface area contributed by atoms with Crippen molar-refractivity contribution in [3.05, 3.63) is 46.9 Å². The smallest absolute Gasteiger partial charge is 0.272 e. The normalized spacial score (nSPS) is 18.3. The van der Waals surface area contributed by atoms with E-state index in [1.54, 1.807) is 20.0 Å². The van der Waals surface area contributed by atoms with E-state index >= 15 is 0 Å². The van der Waals surface area contributed by atoms with Gasteiger partial charge in [-0.1, -0.05) is 12.1 Å². The molecule has 1 N–H and O–H groups in total. The molecule has 1 saturated heterocycles. The minimum atomic E-state index is -3.06. The molecule has 0 radical (unpaired) electrons. The highest BCUT2D eigenvalue weighted by Crippen LogP contribution is 2.23. The molecule has 7 nitrogen and oxygen atoms in total. The van der Waals surface area contributed by atoms with Crippen LogP contribution < -0.4 is 5.32 Å². The first kappa shape index (κ1) is 19.3. The van der Waals surface area contributed by atoms with Gasteiger partial charge in [-0.15, -0.1) is 0 Å². The highest BCUT2D eigenvalue weighted by atomic mass is 32.2. The highest BCUT2D eigenvalue weighted by molar-refractivity contribution is 7.91. The second-order valence-corrected chi connectivity index (χ2v) is 9.26. The molecule has 3 rings (SSSR count). The number of carbonyl (C=O) groups excluding carboxylic acids is 1. The molecule has 1 aliphatic heterocycles. The van der Waals surface area contributed by atoms with Crippen LogP contribution in [0.5, 0.6) is 0 Å². The number of hydrogen-bond acceptors (Lipinski definition) is 6. The quantitative estimate of drug-likeness (QED) is 0.865. The second-order valence-electron chi connectivity index (χ2n) is 7.03. The fraction of sp³-hybridized carbons (Fsp3) is 0.421. The van der Waals surface area contributed by atoms with Crippen LogP contribution in [-0.4, -0.2) is 53.8 Å². The van der Waals surface area contributed by atoms with E-state index in [0.717, 1.165) is 16.8 Å². The van der Waals surface area contributed by atoms with Crippen molar-refractivity contribution in [3.8, 4) is 0 Å². The van der Waals surface area contributed by atoms with Crippen molar-refractivity contribution >= 4 is 27.2 Å². The largest absolute Gasteiger partial charge is 0.340 e. The van der Waals surface area contributed by atoms with Crippen molar-refractivity contribution in [3.63, 3.8) is 0 Å². The van der Waals surface area contributed by atoms with Crippen LogP contribution in [0.2, 0.25) is 0 Å². The zero-order valence-electron chi connectivity index (χ0n) is 16.0. The van der Waals surface area contributed by atoms with E-state index in [1.165, 1.54) is 4.90 Å². The van der Waals surface area contributed by atoms with E-state index in [0.29, 0.717) is 18.1 Å². The third-order valence-corrected chi connectivity index (χ3v) is 6.75. The van der Waals surface area contributed by atoms with Gasteiger partial charge in [0.2, 0.25) is 0 Å². The van der Waals surface area contributed by atoms with Crippen LogP contribution in [0.25, 0.3) is 0 Å². The average molecular weight is 388 g/mol. The van der Waals surface area contributed by atoms with Gasteiger partial charge in [0.25, 0.3) is 5.91 Å². The summed E-state index contributed by atoms with van der Waals surface area (Å²) in [5.41, 5.74) is 3.43. The van der Waals surface area contributed by atoms with Gasteiger partial charge in [0.05, 0.1) is 11.5 Å². The molecule has 0 saturated carbocycles. The van der Waals surface area contributed by atoms with Crippen molar-refractivity contribution < 1.29 is 13.2 Å². The predicted octanol–water partition coefficient (Wildman–Crippen LogP) is 2.40. The Balaban J connectivity index is 1.84. The summed E-state index contributed by atoms with van der Waals surface area (Å²) in [6, 6.07) is 7.24. The molecule has 1 aromatic carbocycles. The molecular formula is C19H24N4O3S. The first-order valence-corrected chi connectivity index (χ1v) is 10.6. The van der Waals surface area contributed by atoms with Crippen LogP contribution in [0.1, 0.15) is 33.9 Å². The fourth-order valence-electron chi connectivity index (χ4n) is 3.19. The molecule has 144 valence electrons. The maximum Gasteiger partial charge on any atom is 0.272 e. The summed E-state index contributed by atoms with van der Waals surface area (Å²) in [5, 5.41) is 3.25. The number of anilines is 2. The maximum absolute atomic E-state index is 12.8. The van der Waals surface area contributed by atoms with E-state index in [1.807, 2.05) is 32.0 Å². The summed E-state index contributed by atoms with van der Waals surface area (Å²) in [6.07, 6.45) is 0.461. The van der Waals surface area contributed by atoms with Crippen LogP contribution in [-0.2, 0) is 9.84 Å². The summed E-state index contributed by atoms with van der Waals surface area (Å²) in [4.78, 5) is 22.9. The van der Waals surface area contributed by atoms with Crippen LogP contribution in [0.3, 0.4) is 0 Å². The van der Waals surface area contributed by atoms with Gasteiger partial charge < -0.3 is 10.2 Å². The van der Waals surface area contributed by atoms with Crippen molar-refractivity contribution in [2.75, 3.05) is 23.9 Å². The van der Waals surface area contributed by atoms with Gasteiger partial charge in [0.15, 0.2) is 9.84 Å². The van der Waals surface area contributed by atoms with Gasteiger partial charge in [-0.3, -0.25) is 4.79 Å². The molecule has 1 aliphatic rings. The Labute approximate surface area is 159 Å². The number of carbonyl (C=O) groups is 1. The van der Waals surface area contributed by atoms with Gasteiger partial charge in [-0.25, -0.2) is 18.4 Å². The lowest BCUT2D eigenvalue weighted by Gasteiger charge is -2.23. The number of benzene rings is 1. The van der Waals surface area contributed by atoms with E-state index in [2.05, 4.69) is 15.3 Å². The summed E-state index contributed by atoms with van der Waals surface area (Å²) in [7, 11) is -1.43. The standard InChI is InChI=1S/C19H24N4O3S/c1-12-6-5-7-16(13(12)2)22-18-10-17(20-14(3)21-18)19(24)23(4)15-8-9-27(25,26)11-15/h5-7,10,15H,8-9,11H2,1-4H3,(H,20,21,22). The van der Waals surface area contributed by atoms with Crippen molar-refractivity contribution in [1.82, 2.24) is 14.9 Å². The summed E-state index contributed by atoms with van der Waals surface area (Å²) in [6.45, 7) is 5.78. The lowest BCUT2D eigenvalue weighted by molar-refractivity contribution is 0.0741. The molecule has 27 heavy (non-hydrogen) atoms. The molecule has 1 amide bonds. The number of rotatable bonds is 4. The highest BCUT2D eigenvalue weighted by Gasteiger charge is 2.33. The lowest BCUT2D eigenvalue weighted by atomic mass is 10.1. The number of nitrogens with zero attached hydrogens (tertiary/aromatic N) is 3. The molecule has 0 spiro atoms. The zero-order chi connectivity index (χ0) is 19.8. The average Bonchev–Trinajstić information content (AvgIpc) is 2.97. The van der Waals surface area contributed by atoms with Gasteiger partial charge in [-0.05, 0) is 44.4 Å². The van der Waals surface area contributed by atoms with E-state index in [4.69, 9.17) is 0 Å². The fourth-order valence-corrected chi connectivity index (χ4v) is 4.97. The number of sulfone groups is 1. The number of amides is 1. The molecule has 1 unspecified atom stereocenters. The van der Waals surface area contributed by atoms with Gasteiger partial charge in [0, 0.05) is 24.8 Å². The van der Waals surface area contributed by atoms with Gasteiger partial charge in [-0.2, -0.15) is 0 Å². The molecule has 2 aromatic rings. The number of aromatic nitrogens is 2. The Kier molecular flexibility index (Phi) is 5.19. The van der Waals surface area contributed by atoms with Crippen molar-refractivity contribution in [1.29, 1.82) is 0 Å². The Bertz CT molecular complexity index is 988. The lowest BCUT2D eigenvalue weighted by Crippen LogP contribution is -2.38. The molecule has 1 fully saturated rings. The Morgan fingerprint density at radius 2 is 1.96 bits per heavy atom. The minimum Gasteiger partial charge on any atom is -0.340 e. The Morgan fingerprint density at radius 1 is 1.22 bits per heavy atom. The van der Waals surface area contributed by atoms with Crippen molar-refractivity contribution in [2.45, 2.75) is 33.2 Å². The molecule has 0 aliphatic carbocycles. The molecule has 0 bridgehead atoms. The molecular weight excluding hydrogens is 364 g/mol. The first-order chi connectivity index (χ1) is 12.7. The summed E-state index contributed by atoms with van der Waals surface area (Å²) in [5.74, 6) is 0.837. The number of hydrogen-bond donors (Lipinski definition) is 1. The molecule has 1 atom stereocenters. The van der Waals surface area contributed by atoms with E-state index in [-0.39, 0.29) is 29.1 Å². The third kappa shape index (κ3) is 4.27. The van der Waals surface area contributed by atoms with E-state index in [9.17, 15) is 13.2 Å². The van der Waals surface area contributed by atoms with Gasteiger partial charge in [0.1, 0.15) is 17.3 Å². The SMILES string of the molecule is Cc1nc(Nc2cccc(C)c2C)cc(C(=O)N(C)C2CCS(=O)(=O)C2)n1. The van der Waals surface area contributed by atoms with Gasteiger partial charge >= 0.3 is 0 Å². The predicted molar refractivity (Wildman–Crippen MR) is 105 cm³/mol. The second kappa shape index (κ2) is 7.26. The monoisotopic (exact) mass is 388 g/mol. The zero-order valence-corrected chi connectivity index (χ0v) is 16.8. The Hall–Kier alpha value is -2.48. The topological polar surface area (TPSA) is 92.3 Å². The van der Waals surface area contributed by atoms with E-state index < -0.39 is 9.84 Å². The van der Waals surface area contributed by atoms with Crippen LogP contribution in [0, 0.1) is 20.8 Å². The van der Waals surface area contributed by atoms with Crippen LogP contribution >= 0.6 is 0 Å². The number of nitrogens with one attached hydrogen (secondary N) is 1. The van der Waals surface area contributed by atoms with Crippen LogP contribution in [0.4, 0.5) is 11.5 Å². The summed E-state index contributed by atoms with van der Waals surface area (Å²) < 4.78 is 23.4.